The molecule has 1 aromatic carbocycles. The molecule has 0 spiro atoms. The number of halogens is 2. The van der Waals surface area contributed by atoms with Gasteiger partial charge in [-0.05, 0) is 38.9 Å². The van der Waals surface area contributed by atoms with Crippen LogP contribution in [0.15, 0.2) is 18.2 Å². The van der Waals surface area contributed by atoms with E-state index in [-0.39, 0.29) is 6.04 Å². The van der Waals surface area contributed by atoms with Gasteiger partial charge in [-0.15, -0.1) is 0 Å². The van der Waals surface area contributed by atoms with Crippen LogP contribution in [0.1, 0.15) is 31.4 Å². The zero-order valence-electron chi connectivity index (χ0n) is 9.47. The van der Waals surface area contributed by atoms with Crippen molar-refractivity contribution in [3.05, 3.63) is 35.4 Å². The SMILES string of the molecule is CC(NCCCCN)c1cccc(F)c1F. The smallest absolute Gasteiger partial charge is 0.163 e. The lowest BCUT2D eigenvalue weighted by Gasteiger charge is -2.15. The first-order chi connectivity index (χ1) is 7.66. The molecular formula is C12H18F2N2. The third-order valence-corrected chi connectivity index (χ3v) is 2.53. The van der Waals surface area contributed by atoms with Crippen molar-refractivity contribution in [2.45, 2.75) is 25.8 Å². The molecule has 0 aromatic heterocycles. The summed E-state index contributed by atoms with van der Waals surface area (Å²) in [4.78, 5) is 0. The van der Waals surface area contributed by atoms with E-state index in [1.807, 2.05) is 6.92 Å². The summed E-state index contributed by atoms with van der Waals surface area (Å²) < 4.78 is 26.4. The predicted molar refractivity (Wildman–Crippen MR) is 61.1 cm³/mol. The number of unbranched alkanes of at least 4 members (excludes halogenated alkanes) is 1. The van der Waals surface area contributed by atoms with Gasteiger partial charge in [-0.3, -0.25) is 0 Å². The molecule has 2 nitrogen and oxygen atoms in total. The zero-order valence-corrected chi connectivity index (χ0v) is 9.47. The molecule has 0 aliphatic carbocycles. The molecule has 1 aromatic rings. The van der Waals surface area contributed by atoms with E-state index in [1.165, 1.54) is 6.07 Å². The van der Waals surface area contributed by atoms with Crippen LogP contribution < -0.4 is 11.1 Å². The number of rotatable bonds is 6. The molecule has 4 heteroatoms. The first-order valence-corrected chi connectivity index (χ1v) is 5.54. The molecule has 0 amide bonds. The van der Waals surface area contributed by atoms with E-state index >= 15 is 0 Å². The largest absolute Gasteiger partial charge is 0.330 e. The summed E-state index contributed by atoms with van der Waals surface area (Å²) in [7, 11) is 0. The summed E-state index contributed by atoms with van der Waals surface area (Å²) in [6.07, 6.45) is 1.88. The van der Waals surface area contributed by atoms with E-state index < -0.39 is 11.6 Å². The topological polar surface area (TPSA) is 38.0 Å². The number of hydrogen-bond acceptors (Lipinski definition) is 2. The van der Waals surface area contributed by atoms with Crippen LogP contribution in [0.25, 0.3) is 0 Å². The van der Waals surface area contributed by atoms with Crippen molar-refractivity contribution >= 4 is 0 Å². The molecule has 0 aliphatic rings. The van der Waals surface area contributed by atoms with Gasteiger partial charge in [0.25, 0.3) is 0 Å². The van der Waals surface area contributed by atoms with Crippen LogP contribution in [0.2, 0.25) is 0 Å². The fourth-order valence-corrected chi connectivity index (χ4v) is 1.55. The Bertz CT molecular complexity index is 329. The third-order valence-electron chi connectivity index (χ3n) is 2.53. The Balaban J connectivity index is 2.52. The van der Waals surface area contributed by atoms with E-state index in [0.29, 0.717) is 12.1 Å². The van der Waals surface area contributed by atoms with Crippen molar-refractivity contribution in [2.75, 3.05) is 13.1 Å². The average molecular weight is 228 g/mol. The van der Waals surface area contributed by atoms with Gasteiger partial charge in [0, 0.05) is 11.6 Å². The monoisotopic (exact) mass is 228 g/mol. The number of benzene rings is 1. The molecule has 0 saturated carbocycles. The highest BCUT2D eigenvalue weighted by Gasteiger charge is 2.12. The Hall–Kier alpha value is -1.00. The second kappa shape index (κ2) is 6.55. The summed E-state index contributed by atoms with van der Waals surface area (Å²) in [5.74, 6) is -1.56. The fourth-order valence-electron chi connectivity index (χ4n) is 1.55. The quantitative estimate of drug-likeness (QED) is 0.733. The van der Waals surface area contributed by atoms with Gasteiger partial charge >= 0.3 is 0 Å². The second-order valence-corrected chi connectivity index (χ2v) is 3.81. The zero-order chi connectivity index (χ0) is 12.0. The lowest BCUT2D eigenvalue weighted by molar-refractivity contribution is 0.470. The molecule has 0 fully saturated rings. The molecule has 0 heterocycles. The van der Waals surface area contributed by atoms with Gasteiger partial charge in [-0.1, -0.05) is 12.1 Å². The van der Waals surface area contributed by atoms with Crippen LogP contribution in [0.3, 0.4) is 0 Å². The minimum Gasteiger partial charge on any atom is -0.330 e. The maximum atomic E-state index is 13.4. The van der Waals surface area contributed by atoms with E-state index in [2.05, 4.69) is 5.32 Å². The van der Waals surface area contributed by atoms with E-state index in [1.54, 1.807) is 6.07 Å². The van der Waals surface area contributed by atoms with Crippen LogP contribution in [0, 0.1) is 11.6 Å². The summed E-state index contributed by atoms with van der Waals surface area (Å²) in [6.45, 7) is 3.24. The van der Waals surface area contributed by atoms with Crippen LogP contribution in [0.4, 0.5) is 8.78 Å². The summed E-state index contributed by atoms with van der Waals surface area (Å²) >= 11 is 0. The van der Waals surface area contributed by atoms with Crippen molar-refractivity contribution < 1.29 is 8.78 Å². The predicted octanol–water partition coefficient (Wildman–Crippen LogP) is 2.35. The highest BCUT2D eigenvalue weighted by atomic mass is 19.2. The Morgan fingerprint density at radius 3 is 2.75 bits per heavy atom. The summed E-state index contributed by atoms with van der Waals surface area (Å²) in [5.41, 5.74) is 5.73. The lowest BCUT2D eigenvalue weighted by atomic mass is 10.1. The minimum absolute atomic E-state index is 0.187. The van der Waals surface area contributed by atoms with Crippen molar-refractivity contribution in [1.82, 2.24) is 5.32 Å². The molecule has 1 rings (SSSR count). The lowest BCUT2D eigenvalue weighted by Crippen LogP contribution is -2.21. The molecule has 0 bridgehead atoms. The molecule has 0 aliphatic heterocycles. The van der Waals surface area contributed by atoms with Gasteiger partial charge < -0.3 is 11.1 Å². The van der Waals surface area contributed by atoms with Crippen LogP contribution in [-0.4, -0.2) is 13.1 Å². The highest BCUT2D eigenvalue weighted by molar-refractivity contribution is 5.21. The van der Waals surface area contributed by atoms with Gasteiger partial charge in [-0.2, -0.15) is 0 Å². The third kappa shape index (κ3) is 3.54. The molecule has 90 valence electrons. The standard InChI is InChI=1S/C12H18F2N2/c1-9(16-8-3-2-7-15)10-5-4-6-11(13)12(10)14/h4-6,9,16H,2-3,7-8,15H2,1H3. The number of nitrogens with two attached hydrogens (primary N) is 1. The van der Waals surface area contributed by atoms with E-state index in [4.69, 9.17) is 5.73 Å². The van der Waals surface area contributed by atoms with Crippen LogP contribution >= 0.6 is 0 Å². The maximum Gasteiger partial charge on any atom is 0.163 e. The molecule has 0 radical (unpaired) electrons. The Morgan fingerprint density at radius 2 is 2.06 bits per heavy atom. The summed E-state index contributed by atoms with van der Waals surface area (Å²) in [6, 6.07) is 4.05. The Morgan fingerprint density at radius 1 is 1.31 bits per heavy atom. The van der Waals surface area contributed by atoms with Gasteiger partial charge in [0.2, 0.25) is 0 Å². The maximum absolute atomic E-state index is 13.4. The highest BCUT2D eigenvalue weighted by Crippen LogP contribution is 2.18. The van der Waals surface area contributed by atoms with Crippen molar-refractivity contribution in [1.29, 1.82) is 0 Å². The fraction of sp³-hybridized carbons (Fsp3) is 0.500. The molecule has 1 atom stereocenters. The van der Waals surface area contributed by atoms with Crippen molar-refractivity contribution in [2.24, 2.45) is 5.73 Å². The van der Waals surface area contributed by atoms with Gasteiger partial charge in [0.15, 0.2) is 11.6 Å². The number of hydrogen-bond donors (Lipinski definition) is 2. The van der Waals surface area contributed by atoms with Gasteiger partial charge in [0.1, 0.15) is 0 Å². The number of nitrogens with one attached hydrogen (secondary N) is 1. The Labute approximate surface area is 94.8 Å². The van der Waals surface area contributed by atoms with Crippen molar-refractivity contribution in [3.8, 4) is 0 Å². The molecular weight excluding hydrogens is 210 g/mol. The van der Waals surface area contributed by atoms with Crippen molar-refractivity contribution in [3.63, 3.8) is 0 Å². The molecule has 1 unspecified atom stereocenters. The molecule has 16 heavy (non-hydrogen) atoms. The van der Waals surface area contributed by atoms with E-state index in [0.717, 1.165) is 25.5 Å². The van der Waals surface area contributed by atoms with E-state index in [9.17, 15) is 8.78 Å². The average Bonchev–Trinajstić information content (AvgIpc) is 2.28. The first-order valence-electron chi connectivity index (χ1n) is 5.54. The minimum atomic E-state index is -0.798. The first kappa shape index (κ1) is 13.1. The molecule has 0 saturated heterocycles. The van der Waals surface area contributed by atoms with Crippen LogP contribution in [-0.2, 0) is 0 Å². The normalized spacial score (nSPS) is 12.8. The van der Waals surface area contributed by atoms with Gasteiger partial charge in [0.05, 0.1) is 0 Å². The molecule has 3 N–H and O–H groups in total. The second-order valence-electron chi connectivity index (χ2n) is 3.81. The van der Waals surface area contributed by atoms with Crippen LogP contribution in [0.5, 0.6) is 0 Å². The Kier molecular flexibility index (Phi) is 5.35. The van der Waals surface area contributed by atoms with Gasteiger partial charge in [-0.25, -0.2) is 8.78 Å². The summed E-state index contributed by atoms with van der Waals surface area (Å²) in [5, 5.41) is 3.14.